The molecular formula is C21H31NO3S. The minimum Gasteiger partial charge on any atom is -0.507 e. The predicted molar refractivity (Wildman–Crippen MR) is 110 cm³/mol. The Kier molecular flexibility index (Phi) is 6.13. The molecule has 2 rings (SSSR count). The van der Waals surface area contributed by atoms with Gasteiger partial charge in [0.1, 0.15) is 5.75 Å². The van der Waals surface area contributed by atoms with Crippen molar-refractivity contribution in [2.24, 2.45) is 0 Å². The summed E-state index contributed by atoms with van der Waals surface area (Å²) in [7, 11) is 0. The Morgan fingerprint density at radius 1 is 1.15 bits per heavy atom. The number of carboxylic acids is 1. The summed E-state index contributed by atoms with van der Waals surface area (Å²) in [5.74, 6) is 0.497. The Balaban J connectivity index is 2.44. The Bertz CT molecular complexity index is 676. The molecule has 1 heterocycles. The van der Waals surface area contributed by atoms with Crippen LogP contribution in [0, 0.1) is 0 Å². The van der Waals surface area contributed by atoms with Crippen molar-refractivity contribution in [2.75, 3.05) is 25.4 Å². The third-order valence-electron chi connectivity index (χ3n) is 4.51. The second kappa shape index (κ2) is 7.65. The fourth-order valence-corrected chi connectivity index (χ4v) is 4.24. The molecule has 26 heavy (non-hydrogen) atoms. The van der Waals surface area contributed by atoms with Crippen LogP contribution in [-0.2, 0) is 15.6 Å². The second-order valence-corrected chi connectivity index (χ2v) is 10.2. The number of carbonyl (C=O) groups is 1. The molecule has 0 saturated carbocycles. The zero-order valence-corrected chi connectivity index (χ0v) is 17.5. The van der Waals surface area contributed by atoms with Crippen molar-refractivity contribution in [1.29, 1.82) is 0 Å². The van der Waals surface area contributed by atoms with Crippen molar-refractivity contribution in [3.8, 4) is 5.75 Å². The van der Waals surface area contributed by atoms with Crippen molar-refractivity contribution >= 4 is 23.8 Å². The smallest absolute Gasteiger partial charge is 0.317 e. The first-order valence-electron chi connectivity index (χ1n) is 9.03. The molecular weight excluding hydrogens is 346 g/mol. The Labute approximate surface area is 161 Å². The lowest BCUT2D eigenvalue weighted by Gasteiger charge is -2.29. The van der Waals surface area contributed by atoms with Gasteiger partial charge in [-0.05, 0) is 39.5 Å². The summed E-state index contributed by atoms with van der Waals surface area (Å²) in [6.07, 6.45) is 2.14. The van der Waals surface area contributed by atoms with Crippen LogP contribution in [0.3, 0.4) is 0 Å². The molecule has 0 unspecified atom stereocenters. The molecule has 0 bridgehead atoms. The number of nitrogens with zero attached hydrogens (tertiary/aromatic N) is 1. The largest absolute Gasteiger partial charge is 0.507 e. The topological polar surface area (TPSA) is 60.8 Å². The quantitative estimate of drug-likeness (QED) is 0.814. The van der Waals surface area contributed by atoms with Gasteiger partial charge in [0.2, 0.25) is 0 Å². The van der Waals surface area contributed by atoms with Crippen molar-refractivity contribution in [3.63, 3.8) is 0 Å². The first kappa shape index (κ1) is 20.8. The van der Waals surface area contributed by atoms with Gasteiger partial charge in [-0.2, -0.15) is 0 Å². The lowest BCUT2D eigenvalue weighted by Crippen LogP contribution is -2.35. The summed E-state index contributed by atoms with van der Waals surface area (Å²) in [4.78, 5) is 14.1. The van der Waals surface area contributed by atoms with Gasteiger partial charge in [-0.1, -0.05) is 41.5 Å². The maximum absolute atomic E-state index is 11.0. The van der Waals surface area contributed by atoms with Gasteiger partial charge in [0.15, 0.2) is 0 Å². The SMILES string of the molecule is CC(C)(C)c1cc(C=C2CN(CC(=O)O)CCS2)cc(C(C)(C)C)c1O. The van der Waals surface area contributed by atoms with E-state index in [9.17, 15) is 9.90 Å². The number of aromatic hydroxyl groups is 1. The molecule has 0 spiro atoms. The summed E-state index contributed by atoms with van der Waals surface area (Å²) in [5, 5.41) is 19.9. The van der Waals surface area contributed by atoms with Crippen LogP contribution in [-0.4, -0.2) is 46.5 Å². The lowest BCUT2D eigenvalue weighted by atomic mass is 9.78. The number of carboxylic acid groups (broad SMARTS) is 1. The van der Waals surface area contributed by atoms with Crippen molar-refractivity contribution in [2.45, 2.75) is 52.4 Å². The molecule has 1 aliphatic rings. The van der Waals surface area contributed by atoms with E-state index in [-0.39, 0.29) is 17.4 Å². The number of hydrogen-bond acceptors (Lipinski definition) is 4. The van der Waals surface area contributed by atoms with Crippen molar-refractivity contribution in [1.82, 2.24) is 4.90 Å². The highest BCUT2D eigenvalue weighted by molar-refractivity contribution is 8.03. The van der Waals surface area contributed by atoms with Crippen LogP contribution in [0.2, 0.25) is 0 Å². The molecule has 1 aromatic rings. The Hall–Kier alpha value is -1.46. The van der Waals surface area contributed by atoms with E-state index in [1.54, 1.807) is 11.8 Å². The normalized spacial score (nSPS) is 18.3. The zero-order valence-electron chi connectivity index (χ0n) is 16.7. The molecule has 4 nitrogen and oxygen atoms in total. The molecule has 1 aliphatic heterocycles. The van der Waals surface area contributed by atoms with E-state index in [4.69, 9.17) is 5.11 Å². The van der Waals surface area contributed by atoms with Crippen LogP contribution in [0.4, 0.5) is 0 Å². The zero-order chi connectivity index (χ0) is 19.7. The van der Waals surface area contributed by atoms with Gasteiger partial charge in [0, 0.05) is 30.0 Å². The highest BCUT2D eigenvalue weighted by atomic mass is 32.2. The van der Waals surface area contributed by atoms with Gasteiger partial charge in [-0.25, -0.2) is 0 Å². The van der Waals surface area contributed by atoms with Gasteiger partial charge >= 0.3 is 5.97 Å². The van der Waals surface area contributed by atoms with E-state index in [1.807, 2.05) is 4.90 Å². The van der Waals surface area contributed by atoms with E-state index < -0.39 is 5.97 Å². The van der Waals surface area contributed by atoms with Crippen molar-refractivity contribution < 1.29 is 15.0 Å². The number of aliphatic carboxylic acids is 1. The first-order chi connectivity index (χ1) is 11.9. The lowest BCUT2D eigenvalue weighted by molar-refractivity contribution is -0.138. The summed E-state index contributed by atoms with van der Waals surface area (Å²) >= 11 is 1.78. The molecule has 144 valence electrons. The summed E-state index contributed by atoms with van der Waals surface area (Å²) < 4.78 is 0. The van der Waals surface area contributed by atoms with Crippen LogP contribution < -0.4 is 0 Å². The van der Waals surface area contributed by atoms with Gasteiger partial charge in [-0.15, -0.1) is 11.8 Å². The molecule has 1 saturated heterocycles. The third-order valence-corrected chi connectivity index (χ3v) is 5.51. The van der Waals surface area contributed by atoms with Crippen LogP contribution in [0.15, 0.2) is 17.0 Å². The number of thioether (sulfide) groups is 1. The van der Waals surface area contributed by atoms with Crippen LogP contribution >= 0.6 is 11.8 Å². The first-order valence-corrected chi connectivity index (χ1v) is 10.0. The predicted octanol–water partition coefficient (Wildman–Crippen LogP) is 4.46. The van der Waals surface area contributed by atoms with E-state index in [1.165, 1.54) is 4.91 Å². The standard InChI is InChI=1S/C21H31NO3S/c1-20(2,3)16-10-14(11-17(19(16)25)21(4,5)6)9-15-12-22(7-8-26-15)13-18(23)24/h9-11,25H,7-8,12-13H2,1-6H3,(H,23,24). The molecule has 5 heteroatoms. The average molecular weight is 378 g/mol. The number of phenols is 1. The molecule has 0 amide bonds. The average Bonchev–Trinajstić information content (AvgIpc) is 2.46. The maximum Gasteiger partial charge on any atom is 0.317 e. The number of rotatable bonds is 3. The molecule has 0 aromatic heterocycles. The van der Waals surface area contributed by atoms with Gasteiger partial charge in [0.25, 0.3) is 0 Å². The second-order valence-electron chi connectivity index (χ2n) is 9.03. The van der Waals surface area contributed by atoms with Crippen LogP contribution in [0.5, 0.6) is 5.75 Å². The fraction of sp³-hybridized carbons (Fsp3) is 0.571. The fourth-order valence-electron chi connectivity index (χ4n) is 3.13. The molecule has 0 aliphatic carbocycles. The minimum atomic E-state index is -0.786. The van der Waals surface area contributed by atoms with Crippen molar-refractivity contribution in [3.05, 3.63) is 33.7 Å². The molecule has 2 N–H and O–H groups in total. The highest BCUT2D eigenvalue weighted by Gasteiger charge is 2.26. The van der Waals surface area contributed by atoms with E-state index in [2.05, 4.69) is 59.8 Å². The number of benzene rings is 1. The van der Waals surface area contributed by atoms with Gasteiger partial charge < -0.3 is 10.2 Å². The number of hydrogen-bond donors (Lipinski definition) is 2. The van der Waals surface area contributed by atoms with Crippen LogP contribution in [0.1, 0.15) is 58.2 Å². The van der Waals surface area contributed by atoms with Crippen LogP contribution in [0.25, 0.3) is 6.08 Å². The van der Waals surface area contributed by atoms with Gasteiger partial charge in [-0.3, -0.25) is 9.69 Å². The van der Waals surface area contributed by atoms with E-state index in [0.717, 1.165) is 29.0 Å². The Morgan fingerprint density at radius 3 is 2.15 bits per heavy atom. The molecule has 0 atom stereocenters. The number of phenolic OH excluding ortho intramolecular Hbond substituents is 1. The maximum atomic E-state index is 11.0. The minimum absolute atomic E-state index is 0.0773. The monoisotopic (exact) mass is 377 g/mol. The van der Waals surface area contributed by atoms with E-state index >= 15 is 0 Å². The summed E-state index contributed by atoms with van der Waals surface area (Å²) in [6.45, 7) is 14.2. The Morgan fingerprint density at radius 2 is 1.69 bits per heavy atom. The summed E-state index contributed by atoms with van der Waals surface area (Å²) in [6, 6.07) is 4.13. The third kappa shape index (κ3) is 5.27. The van der Waals surface area contributed by atoms with E-state index in [0.29, 0.717) is 12.3 Å². The van der Waals surface area contributed by atoms with Gasteiger partial charge in [0.05, 0.1) is 6.54 Å². The summed E-state index contributed by atoms with van der Waals surface area (Å²) in [5.41, 5.74) is 2.64. The molecule has 1 aromatic carbocycles. The molecule has 1 fully saturated rings. The highest BCUT2D eigenvalue weighted by Crippen LogP contribution is 2.40. The molecule has 0 radical (unpaired) electrons.